The molecule has 2 aromatic carbocycles. The Bertz CT molecular complexity index is 861. The Morgan fingerprint density at radius 3 is 2.54 bits per heavy atom. The Hall–Kier alpha value is -3.26. The lowest BCUT2D eigenvalue weighted by molar-refractivity contribution is -0.119. The molecular weight excluding hydrogens is 364 g/mol. The quantitative estimate of drug-likeness (QED) is 0.790. The van der Waals surface area contributed by atoms with Crippen LogP contribution in [0.3, 0.4) is 0 Å². The lowest BCUT2D eigenvalue weighted by Crippen LogP contribution is -2.36. The van der Waals surface area contributed by atoms with Crippen LogP contribution in [0.25, 0.3) is 0 Å². The molecule has 0 atom stereocenters. The zero-order chi connectivity index (χ0) is 19.3. The van der Waals surface area contributed by atoms with Gasteiger partial charge in [0.2, 0.25) is 6.79 Å². The molecule has 0 radical (unpaired) electrons. The van der Waals surface area contributed by atoms with Gasteiger partial charge in [-0.05, 0) is 42.5 Å². The normalized spacial score (nSPS) is 15.2. The van der Waals surface area contributed by atoms with Crippen molar-refractivity contribution in [3.05, 3.63) is 48.0 Å². The number of anilines is 2. The highest BCUT2D eigenvalue weighted by Gasteiger charge is 2.18. The zero-order valence-electron chi connectivity index (χ0n) is 15.2. The van der Waals surface area contributed by atoms with Crippen LogP contribution in [0.2, 0.25) is 0 Å². The lowest BCUT2D eigenvalue weighted by atomic mass is 10.2. The van der Waals surface area contributed by atoms with E-state index in [0.29, 0.717) is 36.0 Å². The van der Waals surface area contributed by atoms with Crippen molar-refractivity contribution in [3.8, 4) is 11.5 Å². The topological polar surface area (TPSA) is 86.3 Å². The fourth-order valence-electron chi connectivity index (χ4n) is 3.01. The number of hydrogen-bond donors (Lipinski definition) is 1. The Labute approximate surface area is 161 Å². The third-order valence-electron chi connectivity index (χ3n) is 4.47. The van der Waals surface area contributed by atoms with Crippen molar-refractivity contribution in [2.24, 2.45) is 0 Å². The summed E-state index contributed by atoms with van der Waals surface area (Å²) >= 11 is 0. The monoisotopic (exact) mass is 384 g/mol. The maximum absolute atomic E-state index is 12.1. The first-order chi connectivity index (χ1) is 13.7. The van der Waals surface area contributed by atoms with Crippen LogP contribution < -0.4 is 19.7 Å². The van der Waals surface area contributed by atoms with E-state index >= 15 is 0 Å². The van der Waals surface area contributed by atoms with Crippen LogP contribution >= 0.6 is 0 Å². The number of esters is 1. The predicted octanol–water partition coefficient (Wildman–Crippen LogP) is 2.05. The molecule has 1 fully saturated rings. The van der Waals surface area contributed by atoms with E-state index in [1.165, 1.54) is 6.07 Å². The van der Waals surface area contributed by atoms with E-state index in [-0.39, 0.29) is 13.4 Å². The number of morpholine rings is 1. The van der Waals surface area contributed by atoms with Crippen molar-refractivity contribution in [2.75, 3.05) is 49.9 Å². The minimum atomic E-state index is -0.601. The van der Waals surface area contributed by atoms with Crippen molar-refractivity contribution >= 4 is 23.3 Å². The van der Waals surface area contributed by atoms with Crippen molar-refractivity contribution in [3.63, 3.8) is 0 Å². The highest BCUT2D eigenvalue weighted by molar-refractivity contribution is 5.95. The summed E-state index contributed by atoms with van der Waals surface area (Å²) in [5, 5.41) is 2.72. The van der Waals surface area contributed by atoms with E-state index in [4.69, 9.17) is 18.9 Å². The Balaban J connectivity index is 1.27. The molecule has 2 heterocycles. The van der Waals surface area contributed by atoms with E-state index in [9.17, 15) is 9.59 Å². The zero-order valence-corrected chi connectivity index (χ0v) is 15.2. The van der Waals surface area contributed by atoms with Gasteiger partial charge in [-0.3, -0.25) is 4.79 Å². The second-order valence-corrected chi connectivity index (χ2v) is 6.34. The highest BCUT2D eigenvalue weighted by Crippen LogP contribution is 2.32. The van der Waals surface area contributed by atoms with Crippen LogP contribution in [0, 0.1) is 0 Å². The molecule has 0 bridgehead atoms. The number of nitrogens with one attached hydrogen (secondary N) is 1. The Kier molecular flexibility index (Phi) is 5.29. The van der Waals surface area contributed by atoms with E-state index in [2.05, 4.69) is 10.2 Å². The second kappa shape index (κ2) is 8.18. The molecule has 0 unspecified atom stereocenters. The number of fused-ring (bicyclic) bond motifs is 1. The fourth-order valence-corrected chi connectivity index (χ4v) is 3.01. The van der Waals surface area contributed by atoms with Gasteiger partial charge in [0.15, 0.2) is 18.1 Å². The fraction of sp³-hybridized carbons (Fsp3) is 0.300. The van der Waals surface area contributed by atoms with E-state index in [1.54, 1.807) is 12.1 Å². The number of hydrogen-bond acceptors (Lipinski definition) is 7. The van der Waals surface area contributed by atoms with E-state index in [0.717, 1.165) is 18.8 Å². The molecule has 2 aromatic rings. The molecule has 28 heavy (non-hydrogen) atoms. The summed E-state index contributed by atoms with van der Waals surface area (Å²) < 4.78 is 20.8. The largest absolute Gasteiger partial charge is 0.454 e. The first-order valence-corrected chi connectivity index (χ1v) is 8.98. The lowest BCUT2D eigenvalue weighted by Gasteiger charge is -2.28. The molecular formula is C20H20N2O6. The summed E-state index contributed by atoms with van der Waals surface area (Å²) in [6.07, 6.45) is 0. The standard InChI is InChI=1S/C20H20N2O6/c23-19(12-26-20(24)14-1-6-17-18(11-14)28-13-27-17)21-15-2-4-16(5-3-15)22-7-9-25-10-8-22/h1-6,11H,7-10,12-13H2,(H,21,23). The maximum atomic E-state index is 12.1. The molecule has 8 nitrogen and oxygen atoms in total. The molecule has 2 aliphatic heterocycles. The minimum absolute atomic E-state index is 0.126. The third kappa shape index (κ3) is 4.17. The number of nitrogens with zero attached hydrogens (tertiary/aromatic N) is 1. The molecule has 1 saturated heterocycles. The first-order valence-electron chi connectivity index (χ1n) is 8.98. The van der Waals surface area contributed by atoms with Crippen LogP contribution in [0.1, 0.15) is 10.4 Å². The van der Waals surface area contributed by atoms with Crippen LogP contribution in [-0.2, 0) is 14.3 Å². The average molecular weight is 384 g/mol. The summed E-state index contributed by atoms with van der Waals surface area (Å²) in [7, 11) is 0. The van der Waals surface area contributed by atoms with Crippen molar-refractivity contribution < 1.29 is 28.5 Å². The number of benzene rings is 2. The highest BCUT2D eigenvalue weighted by atomic mass is 16.7. The molecule has 0 aliphatic carbocycles. The smallest absolute Gasteiger partial charge is 0.338 e. The molecule has 2 aliphatic rings. The molecule has 0 saturated carbocycles. The van der Waals surface area contributed by atoms with Gasteiger partial charge in [-0.25, -0.2) is 4.79 Å². The molecule has 0 spiro atoms. The third-order valence-corrected chi connectivity index (χ3v) is 4.47. The van der Waals surface area contributed by atoms with Crippen molar-refractivity contribution in [2.45, 2.75) is 0 Å². The van der Waals surface area contributed by atoms with E-state index < -0.39 is 11.9 Å². The first kappa shape index (κ1) is 18.1. The SMILES string of the molecule is O=C(COC(=O)c1ccc2c(c1)OCO2)Nc1ccc(N2CCOCC2)cc1. The van der Waals surface area contributed by atoms with Crippen molar-refractivity contribution in [1.82, 2.24) is 0 Å². The second-order valence-electron chi connectivity index (χ2n) is 6.34. The van der Waals surface area contributed by atoms with Gasteiger partial charge in [0, 0.05) is 24.5 Å². The number of carbonyl (C=O) groups excluding carboxylic acids is 2. The predicted molar refractivity (Wildman–Crippen MR) is 101 cm³/mol. The van der Waals surface area contributed by atoms with Gasteiger partial charge in [-0.2, -0.15) is 0 Å². The summed E-state index contributed by atoms with van der Waals surface area (Å²) in [6.45, 7) is 2.88. The number of ether oxygens (including phenoxy) is 4. The van der Waals surface area contributed by atoms with Gasteiger partial charge >= 0.3 is 5.97 Å². The molecule has 0 aromatic heterocycles. The average Bonchev–Trinajstić information content (AvgIpc) is 3.21. The van der Waals surface area contributed by atoms with Gasteiger partial charge in [0.25, 0.3) is 5.91 Å². The summed E-state index contributed by atoms with van der Waals surface area (Å²) in [5.41, 5.74) is 2.02. The van der Waals surface area contributed by atoms with Gasteiger partial charge in [-0.15, -0.1) is 0 Å². The minimum Gasteiger partial charge on any atom is -0.454 e. The molecule has 1 N–H and O–H groups in total. The van der Waals surface area contributed by atoms with Gasteiger partial charge in [-0.1, -0.05) is 0 Å². The van der Waals surface area contributed by atoms with Gasteiger partial charge in [0.05, 0.1) is 18.8 Å². The Morgan fingerprint density at radius 2 is 1.75 bits per heavy atom. The molecule has 4 rings (SSSR count). The van der Waals surface area contributed by atoms with Crippen LogP contribution in [0.15, 0.2) is 42.5 Å². The summed E-state index contributed by atoms with van der Waals surface area (Å²) in [5.74, 6) is 0.0541. The summed E-state index contributed by atoms with van der Waals surface area (Å²) in [4.78, 5) is 26.4. The van der Waals surface area contributed by atoms with Gasteiger partial charge in [0.1, 0.15) is 0 Å². The van der Waals surface area contributed by atoms with Crippen LogP contribution in [0.4, 0.5) is 11.4 Å². The number of carbonyl (C=O) groups is 2. The molecule has 8 heteroatoms. The summed E-state index contributed by atoms with van der Waals surface area (Å²) in [6, 6.07) is 12.3. The molecule has 1 amide bonds. The number of rotatable bonds is 5. The maximum Gasteiger partial charge on any atom is 0.338 e. The van der Waals surface area contributed by atoms with Crippen LogP contribution in [0.5, 0.6) is 11.5 Å². The van der Waals surface area contributed by atoms with Crippen molar-refractivity contribution in [1.29, 1.82) is 0 Å². The number of amides is 1. The van der Waals surface area contributed by atoms with Crippen LogP contribution in [-0.4, -0.2) is 51.6 Å². The van der Waals surface area contributed by atoms with Gasteiger partial charge < -0.3 is 29.2 Å². The van der Waals surface area contributed by atoms with E-state index in [1.807, 2.05) is 24.3 Å². The Morgan fingerprint density at radius 1 is 1.00 bits per heavy atom. The molecule has 146 valence electrons.